The molecular weight excluding hydrogens is 380 g/mol. The zero-order valence-corrected chi connectivity index (χ0v) is 18.6. The molecule has 2 N–H and O–H groups in total. The van der Waals surface area contributed by atoms with E-state index in [0.29, 0.717) is 12.1 Å². The topological polar surface area (TPSA) is 83.3 Å². The van der Waals surface area contributed by atoms with Gasteiger partial charge < -0.3 is 4.90 Å². The number of nitrogens with zero attached hydrogens (tertiary/aromatic N) is 2. The summed E-state index contributed by atoms with van der Waals surface area (Å²) in [6.45, 7) is 11.7. The van der Waals surface area contributed by atoms with E-state index in [0.717, 1.165) is 42.9 Å². The van der Waals surface area contributed by atoms with Crippen LogP contribution in [0.1, 0.15) is 52.5 Å². The number of hydrogen-bond acceptors (Lipinski definition) is 4. The van der Waals surface area contributed by atoms with Gasteiger partial charge in [0.1, 0.15) is 0 Å². The van der Waals surface area contributed by atoms with E-state index in [1.165, 1.54) is 0 Å². The zero-order chi connectivity index (χ0) is 22.1. The summed E-state index contributed by atoms with van der Waals surface area (Å²) in [5.74, 6) is -2.10. The van der Waals surface area contributed by atoms with E-state index in [2.05, 4.69) is 19.2 Å². The second-order valence-corrected chi connectivity index (χ2v) is 7.81. The van der Waals surface area contributed by atoms with Crippen LogP contribution in [0.2, 0.25) is 0 Å². The predicted octanol–water partition coefficient (Wildman–Crippen LogP) is 1.83. The molecule has 0 radical (unpaired) electrons. The number of benzene rings is 1. The number of carbonyl (C=O) groups excluding carboxylic acids is 3. The van der Waals surface area contributed by atoms with Crippen molar-refractivity contribution in [3.63, 3.8) is 0 Å². The maximum atomic E-state index is 13.1. The van der Waals surface area contributed by atoms with Crippen molar-refractivity contribution in [3.8, 4) is 0 Å². The van der Waals surface area contributed by atoms with E-state index in [-0.39, 0.29) is 12.6 Å². The number of amides is 4. The number of rotatable bonds is 11. The predicted molar refractivity (Wildman–Crippen MR) is 117 cm³/mol. The van der Waals surface area contributed by atoms with Crippen LogP contribution < -0.4 is 10.2 Å². The Bertz CT molecular complexity index is 759. The minimum Gasteiger partial charge on any atom is -0.335 e. The van der Waals surface area contributed by atoms with Gasteiger partial charge in [0.15, 0.2) is 5.92 Å². The second kappa shape index (κ2) is 11.6. The van der Waals surface area contributed by atoms with Gasteiger partial charge in [-0.25, -0.2) is 4.79 Å². The average Bonchev–Trinajstić information content (AvgIpc) is 2.74. The van der Waals surface area contributed by atoms with Gasteiger partial charge >= 0.3 is 6.03 Å². The minimum atomic E-state index is -1.03. The summed E-state index contributed by atoms with van der Waals surface area (Å²) in [6, 6.07) is 8.63. The van der Waals surface area contributed by atoms with Crippen LogP contribution in [0.5, 0.6) is 0 Å². The van der Waals surface area contributed by atoms with Crippen molar-refractivity contribution in [2.45, 2.75) is 59.5 Å². The van der Waals surface area contributed by atoms with Crippen LogP contribution in [0, 0.1) is 5.92 Å². The molecule has 0 saturated carbocycles. The van der Waals surface area contributed by atoms with Gasteiger partial charge in [0.25, 0.3) is 0 Å². The first-order valence-electron chi connectivity index (χ1n) is 11.0. The fourth-order valence-corrected chi connectivity index (χ4v) is 3.79. The molecule has 0 aliphatic carbocycles. The first-order valence-corrected chi connectivity index (χ1v) is 11.0. The van der Waals surface area contributed by atoms with Crippen LogP contribution in [-0.2, 0) is 16.1 Å². The average molecular weight is 416 g/mol. The number of imide groups is 2. The van der Waals surface area contributed by atoms with Crippen molar-refractivity contribution >= 4 is 23.6 Å². The number of nitrogens with one attached hydrogen (secondary N) is 2. The lowest BCUT2D eigenvalue weighted by Gasteiger charge is -2.31. The lowest BCUT2D eigenvalue weighted by atomic mass is 9.95. The summed E-state index contributed by atoms with van der Waals surface area (Å²) >= 11 is 0. The number of carbonyl (C=O) groups is 3. The lowest BCUT2D eigenvalue weighted by Crippen LogP contribution is -3.11. The van der Waals surface area contributed by atoms with Crippen LogP contribution in [0.3, 0.4) is 0 Å². The van der Waals surface area contributed by atoms with Gasteiger partial charge in [0, 0.05) is 11.8 Å². The van der Waals surface area contributed by atoms with Gasteiger partial charge in [-0.3, -0.25) is 24.8 Å². The van der Waals surface area contributed by atoms with Gasteiger partial charge in [0.2, 0.25) is 11.8 Å². The first kappa shape index (κ1) is 23.7. The molecule has 1 aliphatic heterocycles. The third-order valence-electron chi connectivity index (χ3n) is 5.67. The third kappa shape index (κ3) is 6.23. The lowest BCUT2D eigenvalue weighted by molar-refractivity contribution is -0.896. The summed E-state index contributed by atoms with van der Waals surface area (Å²) in [6.07, 6.45) is 2.44. The maximum Gasteiger partial charge on any atom is 0.331 e. The van der Waals surface area contributed by atoms with Crippen molar-refractivity contribution in [2.75, 3.05) is 19.6 Å². The van der Waals surface area contributed by atoms with E-state index in [1.807, 2.05) is 44.2 Å². The van der Waals surface area contributed by atoms with Gasteiger partial charge in [-0.2, -0.15) is 0 Å². The summed E-state index contributed by atoms with van der Waals surface area (Å²) in [5.41, 5.74) is 1.38. The molecular formula is C23H35N4O3+. The van der Waals surface area contributed by atoms with Crippen LogP contribution in [0.4, 0.5) is 4.79 Å². The molecule has 164 valence electrons. The monoisotopic (exact) mass is 415 g/mol. The van der Waals surface area contributed by atoms with Crippen molar-refractivity contribution < 1.29 is 19.3 Å². The molecule has 2 atom stereocenters. The van der Waals surface area contributed by atoms with Crippen LogP contribution in [-0.4, -0.2) is 54.1 Å². The Morgan fingerprint density at radius 1 is 1.13 bits per heavy atom. The van der Waals surface area contributed by atoms with Crippen LogP contribution in [0.25, 0.3) is 0 Å². The molecule has 0 aromatic heterocycles. The molecule has 7 heteroatoms. The standard InChI is InChI=1S/C23H34N4O3/c1-5-19(24-17(4)12-11-15-26(6-2)7-3)20-21(28)25-23(30)27(22(20)29)16-18-13-9-8-10-14-18/h8-10,13-14,17,20H,5-7,11-12,15-16H2,1-4H3,(H,25,28,30)/p+1/t17-,20?/m1/s1. The SMILES string of the molecule is CCC(=N[C@H](C)CCC[NH+](CC)CC)C1C(=O)NC(=O)N(Cc2ccccc2)C1=O. The van der Waals surface area contributed by atoms with Gasteiger partial charge in [-0.1, -0.05) is 37.3 Å². The van der Waals surface area contributed by atoms with Crippen LogP contribution >= 0.6 is 0 Å². The molecule has 2 rings (SSSR count). The summed E-state index contributed by atoms with van der Waals surface area (Å²) in [5, 5.41) is 2.33. The number of barbiturate groups is 1. The molecule has 7 nitrogen and oxygen atoms in total. The molecule has 4 amide bonds. The molecule has 1 heterocycles. The highest BCUT2D eigenvalue weighted by molar-refractivity contribution is 6.27. The quantitative estimate of drug-likeness (QED) is 0.427. The summed E-state index contributed by atoms with van der Waals surface area (Å²) in [7, 11) is 0. The molecule has 1 aromatic rings. The zero-order valence-electron chi connectivity index (χ0n) is 18.6. The molecule has 1 saturated heterocycles. The molecule has 30 heavy (non-hydrogen) atoms. The highest BCUT2D eigenvalue weighted by atomic mass is 16.2. The van der Waals surface area contributed by atoms with E-state index in [9.17, 15) is 14.4 Å². The van der Waals surface area contributed by atoms with Crippen LogP contribution in [0.15, 0.2) is 35.3 Å². The molecule has 1 fully saturated rings. The molecule has 0 bridgehead atoms. The van der Waals surface area contributed by atoms with E-state index >= 15 is 0 Å². The Morgan fingerprint density at radius 2 is 1.80 bits per heavy atom. The molecule has 1 aromatic carbocycles. The van der Waals surface area contributed by atoms with Gasteiger partial charge in [-0.15, -0.1) is 0 Å². The van der Waals surface area contributed by atoms with E-state index < -0.39 is 23.8 Å². The Balaban J connectivity index is 2.10. The Hall–Kier alpha value is -2.54. The maximum absolute atomic E-state index is 13.1. The minimum absolute atomic E-state index is 0.0238. The first-order chi connectivity index (χ1) is 14.4. The summed E-state index contributed by atoms with van der Waals surface area (Å²) < 4.78 is 0. The van der Waals surface area contributed by atoms with E-state index in [4.69, 9.17) is 4.99 Å². The smallest absolute Gasteiger partial charge is 0.331 e. The highest BCUT2D eigenvalue weighted by Gasteiger charge is 2.42. The molecule has 1 aliphatic rings. The number of urea groups is 1. The van der Waals surface area contributed by atoms with Crippen molar-refractivity contribution in [1.82, 2.24) is 10.2 Å². The van der Waals surface area contributed by atoms with Gasteiger partial charge in [-0.05, 0) is 45.6 Å². The van der Waals surface area contributed by atoms with Crippen molar-refractivity contribution in [2.24, 2.45) is 10.9 Å². The third-order valence-corrected chi connectivity index (χ3v) is 5.67. The van der Waals surface area contributed by atoms with Crippen molar-refractivity contribution in [1.29, 1.82) is 0 Å². The summed E-state index contributed by atoms with van der Waals surface area (Å²) in [4.78, 5) is 45.3. The van der Waals surface area contributed by atoms with Gasteiger partial charge in [0.05, 0.1) is 26.2 Å². The second-order valence-electron chi connectivity index (χ2n) is 7.81. The van der Waals surface area contributed by atoms with Crippen molar-refractivity contribution in [3.05, 3.63) is 35.9 Å². The number of quaternary nitrogens is 1. The largest absolute Gasteiger partial charge is 0.335 e. The fourth-order valence-electron chi connectivity index (χ4n) is 3.79. The normalized spacial score (nSPS) is 18.7. The molecule has 0 spiro atoms. The van der Waals surface area contributed by atoms with E-state index in [1.54, 1.807) is 4.90 Å². The fraction of sp³-hybridized carbons (Fsp3) is 0.565. The Labute approximate surface area is 179 Å². The highest BCUT2D eigenvalue weighted by Crippen LogP contribution is 2.18. The number of hydrogen-bond donors (Lipinski definition) is 2. The Kier molecular flexibility index (Phi) is 9.17. The Morgan fingerprint density at radius 3 is 2.40 bits per heavy atom. The molecule has 1 unspecified atom stereocenters. The number of aliphatic imine (C=N–C) groups is 1.